The van der Waals surface area contributed by atoms with Gasteiger partial charge in [0, 0.05) is 0 Å². The summed E-state index contributed by atoms with van der Waals surface area (Å²) < 4.78 is 26.7. The molecule has 2 rings (SSSR count). The second kappa shape index (κ2) is 5.13. The molecule has 0 N–H and O–H groups in total. The van der Waals surface area contributed by atoms with Crippen LogP contribution in [0.2, 0.25) is 0 Å². The van der Waals surface area contributed by atoms with Crippen LogP contribution >= 0.6 is 0 Å². The highest BCUT2D eigenvalue weighted by Gasteiger charge is 2.54. The van der Waals surface area contributed by atoms with Crippen molar-refractivity contribution in [2.45, 2.75) is 84.8 Å². The van der Waals surface area contributed by atoms with Crippen molar-refractivity contribution < 1.29 is 13.7 Å². The van der Waals surface area contributed by atoms with Gasteiger partial charge in [-0.2, -0.15) is 0 Å². The molecule has 2 fully saturated rings. The number of hydrogen-bond acceptors (Lipinski definition) is 2. The van der Waals surface area contributed by atoms with E-state index in [0.29, 0.717) is 0 Å². The zero-order valence-corrected chi connectivity index (χ0v) is 13.8. The second-order valence-electron chi connectivity index (χ2n) is 7.26. The minimum absolute atomic E-state index is 0.0215. The van der Waals surface area contributed by atoms with Gasteiger partial charge < -0.3 is 9.31 Å². The first-order chi connectivity index (χ1) is 9.19. The molecule has 0 bridgehead atoms. The Labute approximate surface area is 123 Å². The van der Waals surface area contributed by atoms with Crippen molar-refractivity contribution in [1.82, 2.24) is 0 Å². The first kappa shape index (κ1) is 16.0. The van der Waals surface area contributed by atoms with Crippen LogP contribution in [0.25, 0.3) is 0 Å². The van der Waals surface area contributed by atoms with Crippen molar-refractivity contribution in [3.8, 4) is 0 Å². The molecule has 2 aliphatic rings. The smallest absolute Gasteiger partial charge is 0.398 e. The van der Waals surface area contributed by atoms with E-state index in [-0.39, 0.29) is 11.1 Å². The van der Waals surface area contributed by atoms with E-state index in [4.69, 9.17) is 9.31 Å². The van der Waals surface area contributed by atoms with Gasteiger partial charge in [0.25, 0.3) is 0 Å². The van der Waals surface area contributed by atoms with Gasteiger partial charge in [-0.1, -0.05) is 13.8 Å². The summed E-state index contributed by atoms with van der Waals surface area (Å²) in [6.07, 6.45) is 4.99. The predicted molar refractivity (Wildman–Crippen MR) is 81.1 cm³/mol. The van der Waals surface area contributed by atoms with Crippen LogP contribution < -0.4 is 0 Å². The normalized spacial score (nSPS) is 29.9. The lowest BCUT2D eigenvalue weighted by molar-refractivity contribution is 0.00578. The maximum atomic E-state index is 15.0. The zero-order chi connectivity index (χ0) is 15.2. The SMILES string of the molecule is CCC1(CC)CCCC1=C(F)B1OC(C)(C)C(C)(C)O1. The van der Waals surface area contributed by atoms with Crippen LogP contribution in [0.5, 0.6) is 0 Å². The van der Waals surface area contributed by atoms with Gasteiger partial charge in [0.05, 0.1) is 11.2 Å². The van der Waals surface area contributed by atoms with E-state index in [9.17, 15) is 4.39 Å². The first-order valence-electron chi connectivity index (χ1n) is 7.94. The molecule has 2 nitrogen and oxygen atoms in total. The van der Waals surface area contributed by atoms with E-state index in [1.54, 1.807) is 0 Å². The predicted octanol–water partition coefficient (Wildman–Crippen LogP) is 4.83. The van der Waals surface area contributed by atoms with Crippen molar-refractivity contribution in [3.63, 3.8) is 0 Å². The Morgan fingerprint density at radius 3 is 2.05 bits per heavy atom. The molecular formula is C16H28BFO2. The minimum Gasteiger partial charge on any atom is -0.398 e. The Hall–Kier alpha value is -0.345. The van der Waals surface area contributed by atoms with Crippen LogP contribution in [0.15, 0.2) is 11.3 Å². The van der Waals surface area contributed by atoms with Crippen molar-refractivity contribution in [3.05, 3.63) is 11.3 Å². The first-order valence-corrected chi connectivity index (χ1v) is 7.94. The molecule has 1 aliphatic heterocycles. The van der Waals surface area contributed by atoms with Gasteiger partial charge in [0.1, 0.15) is 5.73 Å². The largest absolute Gasteiger partial charge is 0.525 e. The molecule has 1 saturated heterocycles. The van der Waals surface area contributed by atoms with Crippen LogP contribution in [-0.4, -0.2) is 18.3 Å². The molecule has 0 aromatic carbocycles. The molecule has 0 unspecified atom stereocenters. The fourth-order valence-corrected chi connectivity index (χ4v) is 3.51. The van der Waals surface area contributed by atoms with E-state index in [2.05, 4.69) is 13.8 Å². The molecule has 0 aromatic heterocycles. The minimum atomic E-state index is -0.828. The Morgan fingerprint density at radius 2 is 1.60 bits per heavy atom. The van der Waals surface area contributed by atoms with E-state index in [0.717, 1.165) is 37.7 Å². The maximum absolute atomic E-state index is 15.0. The van der Waals surface area contributed by atoms with Crippen LogP contribution in [0.1, 0.15) is 73.6 Å². The summed E-state index contributed by atoms with van der Waals surface area (Å²) in [6.45, 7) is 12.2. The van der Waals surface area contributed by atoms with Crippen molar-refractivity contribution in [2.24, 2.45) is 5.41 Å². The van der Waals surface area contributed by atoms with E-state index < -0.39 is 18.3 Å². The molecular weight excluding hydrogens is 254 g/mol. The van der Waals surface area contributed by atoms with Crippen LogP contribution in [0, 0.1) is 5.41 Å². The number of rotatable bonds is 3. The molecule has 1 saturated carbocycles. The van der Waals surface area contributed by atoms with Gasteiger partial charge in [-0.15, -0.1) is 0 Å². The third kappa shape index (κ3) is 2.35. The van der Waals surface area contributed by atoms with Gasteiger partial charge in [0.15, 0.2) is 0 Å². The summed E-state index contributed by atoms with van der Waals surface area (Å²) in [7, 11) is -0.828. The quantitative estimate of drug-likeness (QED) is 0.690. The van der Waals surface area contributed by atoms with Gasteiger partial charge >= 0.3 is 7.12 Å². The van der Waals surface area contributed by atoms with Crippen molar-refractivity contribution in [1.29, 1.82) is 0 Å². The lowest BCUT2D eigenvalue weighted by atomic mass is 9.72. The fourth-order valence-electron chi connectivity index (χ4n) is 3.51. The molecule has 0 radical (unpaired) electrons. The third-order valence-corrected chi connectivity index (χ3v) is 5.82. The molecule has 0 aromatic rings. The summed E-state index contributed by atoms with van der Waals surface area (Å²) in [5.74, 6) is 0. The standard InChI is InChI=1S/C16H28BFO2/c1-7-16(8-2)11-9-10-12(16)13(18)17-19-14(3,4)15(5,6)20-17/h7-11H2,1-6H3. The topological polar surface area (TPSA) is 18.5 Å². The Balaban J connectivity index is 2.32. The molecule has 1 heterocycles. The molecule has 0 atom stereocenters. The number of halogens is 1. The van der Waals surface area contributed by atoms with E-state index in [1.165, 1.54) is 0 Å². The number of hydrogen-bond donors (Lipinski definition) is 0. The third-order valence-electron chi connectivity index (χ3n) is 5.82. The fraction of sp³-hybridized carbons (Fsp3) is 0.875. The van der Waals surface area contributed by atoms with Gasteiger partial charge in [-0.3, -0.25) is 0 Å². The Bertz CT molecular complexity index is 395. The lowest BCUT2D eigenvalue weighted by Crippen LogP contribution is -2.41. The average molecular weight is 282 g/mol. The van der Waals surface area contributed by atoms with Gasteiger partial charge in [-0.05, 0) is 70.8 Å². The monoisotopic (exact) mass is 282 g/mol. The van der Waals surface area contributed by atoms with Crippen LogP contribution in [0.3, 0.4) is 0 Å². The molecule has 1 aliphatic carbocycles. The van der Waals surface area contributed by atoms with Crippen LogP contribution in [0.4, 0.5) is 4.39 Å². The molecule has 114 valence electrons. The zero-order valence-electron chi connectivity index (χ0n) is 13.8. The van der Waals surface area contributed by atoms with Gasteiger partial charge in [-0.25, -0.2) is 4.39 Å². The van der Waals surface area contributed by atoms with Gasteiger partial charge in [0.2, 0.25) is 0 Å². The molecule has 20 heavy (non-hydrogen) atoms. The highest BCUT2D eigenvalue weighted by atomic mass is 19.1. The van der Waals surface area contributed by atoms with Crippen molar-refractivity contribution in [2.75, 3.05) is 0 Å². The molecule has 4 heteroatoms. The lowest BCUT2D eigenvalue weighted by Gasteiger charge is -2.32. The summed E-state index contributed by atoms with van der Waals surface area (Å²) in [6, 6.07) is 0. The molecule has 0 amide bonds. The Morgan fingerprint density at radius 1 is 1.10 bits per heavy atom. The highest BCUT2D eigenvalue weighted by Crippen LogP contribution is 2.51. The Kier molecular flexibility index (Phi) is 4.12. The summed E-state index contributed by atoms with van der Waals surface area (Å²) >= 11 is 0. The summed E-state index contributed by atoms with van der Waals surface area (Å²) in [5.41, 5.74) is -0.149. The second-order valence-corrected chi connectivity index (χ2v) is 7.26. The van der Waals surface area contributed by atoms with Crippen LogP contribution in [-0.2, 0) is 9.31 Å². The van der Waals surface area contributed by atoms with Crippen molar-refractivity contribution >= 4 is 7.12 Å². The summed E-state index contributed by atoms with van der Waals surface area (Å²) in [5, 5.41) is 0. The number of allylic oxidation sites excluding steroid dienone is 1. The highest BCUT2D eigenvalue weighted by molar-refractivity contribution is 6.53. The maximum Gasteiger partial charge on any atom is 0.525 e. The summed E-state index contributed by atoms with van der Waals surface area (Å²) in [4.78, 5) is 0. The molecule has 0 spiro atoms. The van der Waals surface area contributed by atoms with E-state index in [1.807, 2.05) is 27.7 Å². The average Bonchev–Trinajstić information content (AvgIpc) is 2.88. The van der Waals surface area contributed by atoms with E-state index >= 15 is 0 Å².